The average molecular weight is 438 g/mol. The molecule has 4 aromatic rings. The fourth-order valence-electron chi connectivity index (χ4n) is 3.84. The SMILES string of the molecule is CCCn1c(=O)c2sccc2n2c(CCC(=O)N[C@H](C)CCc3ccccc3)nnc12. The van der Waals surface area contributed by atoms with E-state index in [4.69, 9.17) is 0 Å². The number of amides is 1. The van der Waals surface area contributed by atoms with Gasteiger partial charge in [-0.1, -0.05) is 37.3 Å². The standard InChI is InChI=1S/C23H27N5O2S/c1-3-14-27-22(30)21-18(13-15-31-21)28-19(25-26-23(27)28)11-12-20(29)24-16(2)9-10-17-7-5-4-6-8-17/h4-8,13,15-16H,3,9-12,14H2,1-2H3,(H,24,29)/t16-/m1/s1. The summed E-state index contributed by atoms with van der Waals surface area (Å²) >= 11 is 1.43. The first kappa shape index (κ1) is 21.2. The third-order valence-corrected chi connectivity index (χ3v) is 6.31. The average Bonchev–Trinajstić information content (AvgIpc) is 3.41. The van der Waals surface area contributed by atoms with Crippen LogP contribution in [0.1, 0.15) is 44.5 Å². The maximum absolute atomic E-state index is 12.8. The number of hydrogen-bond acceptors (Lipinski definition) is 5. The van der Waals surface area contributed by atoms with Crippen molar-refractivity contribution in [2.24, 2.45) is 0 Å². The van der Waals surface area contributed by atoms with Crippen LogP contribution in [0.4, 0.5) is 0 Å². The van der Waals surface area contributed by atoms with Crippen LogP contribution in [-0.4, -0.2) is 31.1 Å². The van der Waals surface area contributed by atoms with Crippen LogP contribution in [0.3, 0.4) is 0 Å². The lowest BCUT2D eigenvalue weighted by atomic mass is 10.1. The van der Waals surface area contributed by atoms with Gasteiger partial charge in [0.05, 0.1) is 5.52 Å². The molecule has 8 heteroatoms. The Bertz CT molecular complexity index is 1240. The fraction of sp³-hybridized carbons (Fsp3) is 0.391. The second-order valence-corrected chi connectivity index (χ2v) is 8.75. The molecule has 7 nitrogen and oxygen atoms in total. The molecule has 1 aromatic carbocycles. The predicted octanol–water partition coefficient (Wildman–Crippen LogP) is 3.59. The van der Waals surface area contributed by atoms with Gasteiger partial charge in [-0.15, -0.1) is 21.5 Å². The van der Waals surface area contributed by atoms with Gasteiger partial charge in [0, 0.05) is 25.4 Å². The Morgan fingerprint density at radius 1 is 1.16 bits per heavy atom. The van der Waals surface area contributed by atoms with Crippen molar-refractivity contribution in [1.82, 2.24) is 24.5 Å². The van der Waals surface area contributed by atoms with Crippen LogP contribution < -0.4 is 10.9 Å². The highest BCUT2D eigenvalue weighted by Gasteiger charge is 2.18. The minimum Gasteiger partial charge on any atom is -0.354 e. The molecular weight excluding hydrogens is 410 g/mol. The smallest absolute Gasteiger partial charge is 0.272 e. The lowest BCUT2D eigenvalue weighted by molar-refractivity contribution is -0.121. The summed E-state index contributed by atoms with van der Waals surface area (Å²) in [5.74, 6) is 1.25. The van der Waals surface area contributed by atoms with E-state index >= 15 is 0 Å². The molecule has 0 unspecified atom stereocenters. The van der Waals surface area contributed by atoms with Crippen molar-refractivity contribution in [2.75, 3.05) is 0 Å². The maximum Gasteiger partial charge on any atom is 0.272 e. The van der Waals surface area contributed by atoms with E-state index in [9.17, 15) is 9.59 Å². The Balaban J connectivity index is 1.44. The Morgan fingerprint density at radius 2 is 1.97 bits per heavy atom. The molecule has 0 radical (unpaired) electrons. The van der Waals surface area contributed by atoms with E-state index in [0.717, 1.165) is 24.8 Å². The van der Waals surface area contributed by atoms with Gasteiger partial charge in [-0.05, 0) is 43.2 Å². The van der Waals surface area contributed by atoms with Crippen molar-refractivity contribution >= 4 is 33.2 Å². The number of carbonyl (C=O) groups excluding carboxylic acids is 1. The lowest BCUT2D eigenvalue weighted by Gasteiger charge is -2.14. The molecule has 0 aliphatic heterocycles. The number of aromatic nitrogens is 4. The van der Waals surface area contributed by atoms with Crippen LogP contribution in [0, 0.1) is 0 Å². The number of nitrogens with zero attached hydrogens (tertiary/aromatic N) is 4. The van der Waals surface area contributed by atoms with E-state index in [1.54, 1.807) is 4.57 Å². The maximum atomic E-state index is 12.8. The summed E-state index contributed by atoms with van der Waals surface area (Å²) in [6.45, 7) is 4.65. The molecule has 1 amide bonds. The Kier molecular flexibility index (Phi) is 6.46. The molecule has 0 aliphatic carbocycles. The molecule has 4 rings (SSSR count). The van der Waals surface area contributed by atoms with E-state index in [-0.39, 0.29) is 17.5 Å². The van der Waals surface area contributed by atoms with E-state index in [2.05, 4.69) is 27.6 Å². The molecule has 0 aliphatic rings. The molecule has 0 spiro atoms. The summed E-state index contributed by atoms with van der Waals surface area (Å²) < 4.78 is 4.30. The van der Waals surface area contributed by atoms with Crippen molar-refractivity contribution in [2.45, 2.75) is 58.5 Å². The molecule has 3 aromatic heterocycles. The van der Waals surface area contributed by atoms with Crippen molar-refractivity contribution in [3.8, 4) is 0 Å². The van der Waals surface area contributed by atoms with Crippen molar-refractivity contribution < 1.29 is 4.79 Å². The zero-order valence-electron chi connectivity index (χ0n) is 17.9. The van der Waals surface area contributed by atoms with Gasteiger partial charge < -0.3 is 5.32 Å². The highest BCUT2D eigenvalue weighted by Crippen LogP contribution is 2.20. The molecule has 3 heterocycles. The molecule has 162 valence electrons. The highest BCUT2D eigenvalue weighted by molar-refractivity contribution is 7.17. The molecule has 0 bridgehead atoms. The summed E-state index contributed by atoms with van der Waals surface area (Å²) in [6, 6.07) is 12.3. The lowest BCUT2D eigenvalue weighted by Crippen LogP contribution is -2.33. The third kappa shape index (κ3) is 4.54. The number of aryl methyl sites for hydroxylation is 3. The predicted molar refractivity (Wildman–Crippen MR) is 124 cm³/mol. The van der Waals surface area contributed by atoms with Crippen LogP contribution in [0.5, 0.6) is 0 Å². The molecule has 0 saturated carbocycles. The van der Waals surface area contributed by atoms with Gasteiger partial charge in [0.1, 0.15) is 10.5 Å². The van der Waals surface area contributed by atoms with E-state index < -0.39 is 0 Å². The van der Waals surface area contributed by atoms with Crippen LogP contribution in [0.25, 0.3) is 16.0 Å². The van der Waals surface area contributed by atoms with E-state index in [0.29, 0.717) is 35.7 Å². The molecule has 0 saturated heterocycles. The van der Waals surface area contributed by atoms with Crippen molar-refractivity contribution in [1.29, 1.82) is 0 Å². The number of nitrogens with one attached hydrogen (secondary N) is 1. The normalized spacial score (nSPS) is 12.5. The van der Waals surface area contributed by atoms with Gasteiger partial charge in [-0.2, -0.15) is 0 Å². The first-order valence-corrected chi connectivity index (χ1v) is 11.6. The fourth-order valence-corrected chi connectivity index (χ4v) is 4.66. The Hall–Kier alpha value is -3.00. The zero-order chi connectivity index (χ0) is 21.8. The zero-order valence-corrected chi connectivity index (χ0v) is 18.7. The van der Waals surface area contributed by atoms with Gasteiger partial charge in [-0.3, -0.25) is 18.6 Å². The summed E-state index contributed by atoms with van der Waals surface area (Å²) in [5.41, 5.74) is 2.06. The van der Waals surface area contributed by atoms with Gasteiger partial charge in [0.25, 0.3) is 5.56 Å². The molecule has 1 N–H and O–H groups in total. The number of carbonyl (C=O) groups is 1. The number of benzene rings is 1. The quantitative estimate of drug-likeness (QED) is 0.434. The number of fused-ring (bicyclic) bond motifs is 3. The van der Waals surface area contributed by atoms with Crippen LogP contribution in [-0.2, 0) is 24.2 Å². The highest BCUT2D eigenvalue weighted by atomic mass is 32.1. The Labute approximate surface area is 184 Å². The Morgan fingerprint density at radius 3 is 2.74 bits per heavy atom. The minimum atomic E-state index is -0.0247. The van der Waals surface area contributed by atoms with Crippen LogP contribution in [0.15, 0.2) is 46.6 Å². The number of thiophene rings is 1. The number of hydrogen-bond donors (Lipinski definition) is 1. The van der Waals surface area contributed by atoms with Crippen molar-refractivity contribution in [3.63, 3.8) is 0 Å². The van der Waals surface area contributed by atoms with E-state index in [1.165, 1.54) is 16.9 Å². The monoisotopic (exact) mass is 437 g/mol. The first-order valence-electron chi connectivity index (χ1n) is 10.8. The molecule has 31 heavy (non-hydrogen) atoms. The summed E-state index contributed by atoms with van der Waals surface area (Å²) in [6.07, 6.45) is 3.45. The van der Waals surface area contributed by atoms with Gasteiger partial charge in [-0.25, -0.2) is 0 Å². The van der Waals surface area contributed by atoms with Crippen LogP contribution >= 0.6 is 11.3 Å². The van der Waals surface area contributed by atoms with Crippen molar-refractivity contribution in [3.05, 3.63) is 63.5 Å². The van der Waals surface area contributed by atoms with Gasteiger partial charge >= 0.3 is 0 Å². The third-order valence-electron chi connectivity index (χ3n) is 5.42. The summed E-state index contributed by atoms with van der Waals surface area (Å²) in [4.78, 5) is 25.3. The molecule has 0 fully saturated rings. The summed E-state index contributed by atoms with van der Waals surface area (Å²) in [7, 11) is 0. The number of rotatable bonds is 9. The van der Waals surface area contributed by atoms with Gasteiger partial charge in [0.15, 0.2) is 0 Å². The summed E-state index contributed by atoms with van der Waals surface area (Å²) in [5, 5.41) is 13.6. The van der Waals surface area contributed by atoms with Gasteiger partial charge in [0.2, 0.25) is 11.7 Å². The minimum absolute atomic E-state index is 0.000698. The van der Waals surface area contributed by atoms with E-state index in [1.807, 2.05) is 47.9 Å². The molecule has 1 atom stereocenters. The topological polar surface area (TPSA) is 81.3 Å². The largest absolute Gasteiger partial charge is 0.354 e. The molecular formula is C23H27N5O2S. The van der Waals surface area contributed by atoms with Crippen LogP contribution in [0.2, 0.25) is 0 Å². The first-order chi connectivity index (χ1) is 15.1. The second-order valence-electron chi connectivity index (χ2n) is 7.84. The second kappa shape index (κ2) is 9.43.